The van der Waals surface area contributed by atoms with Gasteiger partial charge in [-0.3, -0.25) is 0 Å². The number of hydrogen-bond donors (Lipinski definition) is 0. The van der Waals surface area contributed by atoms with Crippen LogP contribution >= 0.6 is 16.1 Å². The van der Waals surface area contributed by atoms with E-state index in [0.29, 0.717) is 12.2 Å². The number of hydrogen-bond acceptors (Lipinski definition) is 2. The summed E-state index contributed by atoms with van der Waals surface area (Å²) in [5, 5.41) is 0. The van der Waals surface area contributed by atoms with Gasteiger partial charge in [0.2, 0.25) is 0 Å². The number of aromatic nitrogens is 1. The lowest BCUT2D eigenvalue weighted by atomic mass is 10.3. The average Bonchev–Trinajstić information content (AvgIpc) is 2.05. The van der Waals surface area contributed by atoms with E-state index >= 15 is 0 Å². The van der Waals surface area contributed by atoms with Gasteiger partial charge in [0.05, 0.1) is 6.61 Å². The van der Waals surface area contributed by atoms with Crippen LogP contribution in [0.3, 0.4) is 0 Å². The molecule has 0 bridgehead atoms. The van der Waals surface area contributed by atoms with Crippen molar-refractivity contribution in [2.24, 2.45) is 0 Å². The Hall–Kier alpha value is -0.900. The molecule has 1 heterocycles. The van der Waals surface area contributed by atoms with Gasteiger partial charge >= 0.3 is 22.1 Å². The fraction of sp³-hybridized carbons (Fsp3) is 0.250. The normalized spacial score (nSPS) is 9.50. The minimum absolute atomic E-state index is 0.300. The average molecular weight is 231 g/mol. The van der Waals surface area contributed by atoms with Crippen LogP contribution in [0.15, 0.2) is 24.5 Å². The fourth-order valence-electron chi connectivity index (χ4n) is 0.783. The van der Waals surface area contributed by atoms with E-state index in [-0.39, 0.29) is 5.97 Å². The van der Waals surface area contributed by atoms with Crippen LogP contribution in [0, 0.1) is 0 Å². The molecule has 4 heteroatoms. The van der Waals surface area contributed by atoms with E-state index < -0.39 is 0 Å². The predicted octanol–water partition coefficient (Wildman–Crippen LogP) is 1.31. The molecule has 0 saturated heterocycles. The molecule has 1 rings (SSSR count). The first-order chi connectivity index (χ1) is 5.74. The van der Waals surface area contributed by atoms with Crippen molar-refractivity contribution in [2.45, 2.75) is 6.92 Å². The Morgan fingerprint density at radius 1 is 1.75 bits per heavy atom. The first-order valence-electron chi connectivity index (χ1n) is 3.58. The molecular weight excluding hydrogens is 222 g/mol. The van der Waals surface area contributed by atoms with Gasteiger partial charge < -0.3 is 4.74 Å². The Kier molecular flexibility index (Phi) is 3.22. The summed E-state index contributed by atoms with van der Waals surface area (Å²) in [5.41, 5.74) is 0.538. The first kappa shape index (κ1) is 9.19. The molecule has 0 aliphatic carbocycles. The summed E-state index contributed by atoms with van der Waals surface area (Å²) >= 11 is 3.19. The highest BCUT2D eigenvalue weighted by atomic mass is 79.9. The van der Waals surface area contributed by atoms with Gasteiger partial charge in [-0.15, -0.1) is 3.59 Å². The molecule has 0 aliphatic heterocycles. The van der Waals surface area contributed by atoms with Gasteiger partial charge in [0, 0.05) is 6.07 Å². The number of nitrogens with zero attached hydrogens (tertiary/aromatic N) is 1. The number of carbonyl (C=O) groups is 1. The highest BCUT2D eigenvalue weighted by Crippen LogP contribution is 1.97. The van der Waals surface area contributed by atoms with Gasteiger partial charge in [-0.25, -0.2) is 4.79 Å². The van der Waals surface area contributed by atoms with E-state index in [1.807, 2.05) is 0 Å². The lowest BCUT2D eigenvalue weighted by molar-refractivity contribution is -0.473. The highest BCUT2D eigenvalue weighted by molar-refractivity contribution is 9.04. The molecule has 0 aromatic carbocycles. The lowest BCUT2D eigenvalue weighted by Gasteiger charge is -1.97. The lowest BCUT2D eigenvalue weighted by Crippen LogP contribution is -2.20. The minimum Gasteiger partial charge on any atom is -0.462 e. The van der Waals surface area contributed by atoms with Crippen LogP contribution in [0.1, 0.15) is 17.3 Å². The second-order valence-corrected chi connectivity index (χ2v) is 2.98. The van der Waals surface area contributed by atoms with Crippen molar-refractivity contribution in [3.05, 3.63) is 30.1 Å². The molecule has 0 aliphatic rings. The first-order valence-corrected chi connectivity index (χ1v) is 4.29. The van der Waals surface area contributed by atoms with E-state index in [4.69, 9.17) is 4.74 Å². The maximum Gasteiger partial charge on any atom is 0.344 e. The second-order valence-electron chi connectivity index (χ2n) is 2.16. The Morgan fingerprint density at radius 3 is 3.08 bits per heavy atom. The molecule has 0 saturated carbocycles. The van der Waals surface area contributed by atoms with Gasteiger partial charge in [0.25, 0.3) is 0 Å². The zero-order valence-electron chi connectivity index (χ0n) is 6.66. The molecule has 64 valence electrons. The SMILES string of the molecule is CCOC(=O)c1ccc[n+](Br)c1. The molecule has 0 atom stereocenters. The molecule has 0 radical (unpaired) electrons. The summed E-state index contributed by atoms with van der Waals surface area (Å²) in [4.78, 5) is 11.1. The molecule has 0 fully saturated rings. The standard InChI is InChI=1S/C8H9BrNO2/c1-2-12-8(11)7-4-3-5-10(9)6-7/h3-6H,2H2,1H3/q+1. The monoisotopic (exact) mass is 230 g/mol. The van der Waals surface area contributed by atoms with Crippen molar-refractivity contribution in [3.8, 4) is 0 Å². The number of pyridine rings is 1. The Balaban J connectivity index is 2.81. The molecule has 0 spiro atoms. The van der Waals surface area contributed by atoms with Crippen LogP contribution in [-0.2, 0) is 4.74 Å². The third kappa shape index (κ3) is 2.30. The van der Waals surface area contributed by atoms with Crippen molar-refractivity contribution in [2.75, 3.05) is 6.61 Å². The van der Waals surface area contributed by atoms with Crippen LogP contribution in [0.25, 0.3) is 0 Å². The Labute approximate surface area is 79.3 Å². The van der Waals surface area contributed by atoms with Crippen LogP contribution in [0.4, 0.5) is 0 Å². The number of halogens is 1. The van der Waals surface area contributed by atoms with Crippen LogP contribution in [0.5, 0.6) is 0 Å². The topological polar surface area (TPSA) is 30.2 Å². The molecule has 12 heavy (non-hydrogen) atoms. The van der Waals surface area contributed by atoms with Crippen molar-refractivity contribution < 1.29 is 13.1 Å². The van der Waals surface area contributed by atoms with Crippen LogP contribution < -0.4 is 3.59 Å². The van der Waals surface area contributed by atoms with E-state index in [1.165, 1.54) is 0 Å². The number of esters is 1. The van der Waals surface area contributed by atoms with Crippen LogP contribution in [0.2, 0.25) is 0 Å². The van der Waals surface area contributed by atoms with E-state index in [1.54, 1.807) is 35.0 Å². The third-order valence-corrected chi connectivity index (χ3v) is 1.72. The molecule has 3 nitrogen and oxygen atoms in total. The van der Waals surface area contributed by atoms with E-state index in [0.717, 1.165) is 0 Å². The van der Waals surface area contributed by atoms with Gasteiger partial charge in [0.1, 0.15) is 5.56 Å². The smallest absolute Gasteiger partial charge is 0.344 e. The Morgan fingerprint density at radius 2 is 2.50 bits per heavy atom. The maximum absolute atomic E-state index is 11.1. The van der Waals surface area contributed by atoms with Gasteiger partial charge in [-0.05, 0) is 13.0 Å². The summed E-state index contributed by atoms with van der Waals surface area (Å²) in [6, 6.07) is 3.47. The number of rotatable bonds is 2. The van der Waals surface area contributed by atoms with Gasteiger partial charge in [-0.2, -0.15) is 0 Å². The second kappa shape index (κ2) is 4.21. The minimum atomic E-state index is -0.300. The molecule has 0 amide bonds. The fourth-order valence-corrected chi connectivity index (χ4v) is 1.14. The quantitative estimate of drug-likeness (QED) is 0.718. The summed E-state index contributed by atoms with van der Waals surface area (Å²) in [6.07, 6.45) is 3.43. The van der Waals surface area contributed by atoms with E-state index in [9.17, 15) is 4.79 Å². The summed E-state index contributed by atoms with van der Waals surface area (Å²) in [7, 11) is 0. The van der Waals surface area contributed by atoms with E-state index in [2.05, 4.69) is 16.1 Å². The Bertz CT molecular complexity index is 288. The predicted molar refractivity (Wildman–Crippen MR) is 46.9 cm³/mol. The summed E-state index contributed by atoms with van der Waals surface area (Å²) in [5.74, 6) is -0.300. The maximum atomic E-state index is 11.1. The molecule has 1 aromatic rings. The van der Waals surface area contributed by atoms with Crippen molar-refractivity contribution >= 4 is 22.1 Å². The van der Waals surface area contributed by atoms with Crippen molar-refractivity contribution in [1.29, 1.82) is 0 Å². The van der Waals surface area contributed by atoms with Gasteiger partial charge in [-0.1, -0.05) is 0 Å². The third-order valence-electron chi connectivity index (χ3n) is 1.28. The zero-order chi connectivity index (χ0) is 8.97. The van der Waals surface area contributed by atoms with Gasteiger partial charge in [0.15, 0.2) is 12.4 Å². The molecular formula is C8H9BrNO2+. The molecule has 1 aromatic heterocycles. The highest BCUT2D eigenvalue weighted by Gasteiger charge is 2.09. The number of carbonyl (C=O) groups excluding carboxylic acids is 1. The largest absolute Gasteiger partial charge is 0.462 e. The van der Waals surface area contributed by atoms with Crippen molar-refractivity contribution in [3.63, 3.8) is 0 Å². The summed E-state index contributed by atoms with van der Waals surface area (Å²) in [6.45, 7) is 2.18. The summed E-state index contributed by atoms with van der Waals surface area (Å²) < 4.78 is 6.43. The zero-order valence-corrected chi connectivity index (χ0v) is 8.24. The molecule has 0 unspecified atom stereocenters. The molecule has 0 N–H and O–H groups in total. The number of ether oxygens (including phenoxy) is 1. The van der Waals surface area contributed by atoms with Crippen LogP contribution in [-0.4, -0.2) is 12.6 Å². The van der Waals surface area contributed by atoms with Crippen molar-refractivity contribution in [1.82, 2.24) is 0 Å².